The van der Waals surface area contributed by atoms with E-state index in [9.17, 15) is 0 Å². The molecule has 0 unspecified atom stereocenters. The van der Waals surface area contributed by atoms with E-state index in [-0.39, 0.29) is 0 Å². The van der Waals surface area contributed by atoms with Gasteiger partial charge in [-0.15, -0.1) is 0 Å². The van der Waals surface area contributed by atoms with Gasteiger partial charge in [-0.05, 0) is 35.2 Å². The second kappa shape index (κ2) is 6.75. The minimum absolute atomic E-state index is 0.579. The number of aryl methyl sites for hydroxylation is 1. The molecule has 0 aromatic carbocycles. The SMILES string of the molecule is CCCc1nc(CSC2CCCC2)nc(N)c1Br. The van der Waals surface area contributed by atoms with Crippen LogP contribution in [0.1, 0.15) is 50.5 Å². The first-order chi connectivity index (χ1) is 8.70. The van der Waals surface area contributed by atoms with E-state index in [0.29, 0.717) is 5.82 Å². The second-order valence-corrected chi connectivity index (χ2v) is 6.83. The lowest BCUT2D eigenvalue weighted by molar-refractivity contribution is 0.846. The minimum atomic E-state index is 0.579. The molecule has 0 amide bonds. The Labute approximate surface area is 121 Å². The molecule has 0 bridgehead atoms. The van der Waals surface area contributed by atoms with Crippen LogP contribution < -0.4 is 5.73 Å². The van der Waals surface area contributed by atoms with E-state index in [1.165, 1.54) is 25.7 Å². The zero-order chi connectivity index (χ0) is 13.0. The molecular formula is C13H20BrN3S. The van der Waals surface area contributed by atoms with Crippen LogP contribution in [0.25, 0.3) is 0 Å². The molecule has 1 aliphatic carbocycles. The highest BCUT2D eigenvalue weighted by Crippen LogP contribution is 2.31. The van der Waals surface area contributed by atoms with E-state index in [4.69, 9.17) is 5.73 Å². The predicted molar refractivity (Wildman–Crippen MR) is 81.7 cm³/mol. The fourth-order valence-electron chi connectivity index (χ4n) is 2.28. The number of hydrogen-bond acceptors (Lipinski definition) is 4. The summed E-state index contributed by atoms with van der Waals surface area (Å²) in [5.74, 6) is 2.35. The number of anilines is 1. The van der Waals surface area contributed by atoms with E-state index in [2.05, 4.69) is 32.8 Å². The largest absolute Gasteiger partial charge is 0.383 e. The Hall–Kier alpha value is -0.290. The zero-order valence-corrected chi connectivity index (χ0v) is 13.2. The third kappa shape index (κ3) is 3.60. The molecule has 1 fully saturated rings. The Balaban J connectivity index is 2.02. The maximum atomic E-state index is 5.93. The monoisotopic (exact) mass is 329 g/mol. The molecule has 0 saturated heterocycles. The number of halogens is 1. The predicted octanol–water partition coefficient (Wildman–Crippen LogP) is 3.95. The second-order valence-electron chi connectivity index (χ2n) is 4.75. The lowest BCUT2D eigenvalue weighted by Crippen LogP contribution is -2.06. The maximum Gasteiger partial charge on any atom is 0.141 e. The van der Waals surface area contributed by atoms with Crippen molar-refractivity contribution in [1.82, 2.24) is 9.97 Å². The van der Waals surface area contributed by atoms with Crippen LogP contribution in [0.2, 0.25) is 0 Å². The summed E-state index contributed by atoms with van der Waals surface area (Å²) >= 11 is 5.46. The van der Waals surface area contributed by atoms with Gasteiger partial charge in [0.25, 0.3) is 0 Å². The third-order valence-corrected chi connectivity index (χ3v) is 5.46. The fourth-order valence-corrected chi connectivity index (χ4v) is 3.84. The van der Waals surface area contributed by atoms with Crippen molar-refractivity contribution in [3.05, 3.63) is 16.0 Å². The van der Waals surface area contributed by atoms with Gasteiger partial charge in [0.05, 0.1) is 15.9 Å². The van der Waals surface area contributed by atoms with E-state index in [1.807, 2.05) is 11.8 Å². The quantitative estimate of drug-likeness (QED) is 0.888. The molecule has 2 rings (SSSR count). The molecule has 100 valence electrons. The number of nitrogens with two attached hydrogens (primary N) is 1. The summed E-state index contributed by atoms with van der Waals surface area (Å²) in [5.41, 5.74) is 6.98. The van der Waals surface area contributed by atoms with Gasteiger partial charge in [0, 0.05) is 5.25 Å². The van der Waals surface area contributed by atoms with Gasteiger partial charge in [-0.25, -0.2) is 9.97 Å². The molecule has 3 nitrogen and oxygen atoms in total. The molecule has 1 saturated carbocycles. The van der Waals surface area contributed by atoms with E-state index in [1.54, 1.807) is 0 Å². The molecule has 18 heavy (non-hydrogen) atoms. The first-order valence-electron chi connectivity index (χ1n) is 6.63. The molecule has 1 heterocycles. The van der Waals surface area contributed by atoms with Gasteiger partial charge >= 0.3 is 0 Å². The van der Waals surface area contributed by atoms with Crippen molar-refractivity contribution < 1.29 is 0 Å². The summed E-state index contributed by atoms with van der Waals surface area (Å²) in [6, 6.07) is 0. The van der Waals surface area contributed by atoms with Gasteiger partial charge in [0.2, 0.25) is 0 Å². The number of thioether (sulfide) groups is 1. The molecule has 0 aliphatic heterocycles. The summed E-state index contributed by atoms with van der Waals surface area (Å²) in [6.07, 6.45) is 7.47. The standard InChI is InChI=1S/C13H20BrN3S/c1-2-5-10-12(14)13(15)17-11(16-10)8-18-9-6-3-4-7-9/h9H,2-8H2,1H3,(H2,15,16,17). The van der Waals surface area contributed by atoms with Crippen molar-refractivity contribution in [2.24, 2.45) is 0 Å². The summed E-state index contributed by atoms with van der Waals surface area (Å²) in [5, 5.41) is 0.799. The summed E-state index contributed by atoms with van der Waals surface area (Å²) in [6.45, 7) is 2.15. The van der Waals surface area contributed by atoms with E-state index >= 15 is 0 Å². The number of nitrogens with zero attached hydrogens (tertiary/aromatic N) is 2. The van der Waals surface area contributed by atoms with Crippen molar-refractivity contribution >= 4 is 33.5 Å². The molecule has 1 aliphatic rings. The average Bonchev–Trinajstić information content (AvgIpc) is 2.86. The Kier molecular flexibility index (Phi) is 5.30. The van der Waals surface area contributed by atoms with Crippen LogP contribution in [0.15, 0.2) is 4.47 Å². The number of hydrogen-bond donors (Lipinski definition) is 1. The Morgan fingerprint density at radius 2 is 2.06 bits per heavy atom. The van der Waals surface area contributed by atoms with Gasteiger partial charge in [-0.2, -0.15) is 11.8 Å². The van der Waals surface area contributed by atoms with E-state index in [0.717, 1.165) is 39.8 Å². The molecule has 1 aromatic heterocycles. The highest BCUT2D eigenvalue weighted by atomic mass is 79.9. The minimum Gasteiger partial charge on any atom is -0.383 e. The Morgan fingerprint density at radius 1 is 1.33 bits per heavy atom. The maximum absolute atomic E-state index is 5.93. The van der Waals surface area contributed by atoms with Crippen molar-refractivity contribution in [2.45, 2.75) is 56.5 Å². The Bertz CT molecular complexity index is 405. The first kappa shape index (κ1) is 14.1. The van der Waals surface area contributed by atoms with Crippen molar-refractivity contribution in [3.63, 3.8) is 0 Å². The topological polar surface area (TPSA) is 51.8 Å². The van der Waals surface area contributed by atoms with Crippen LogP contribution in [-0.4, -0.2) is 15.2 Å². The van der Waals surface area contributed by atoms with Crippen LogP contribution in [0, 0.1) is 0 Å². The lowest BCUT2D eigenvalue weighted by Gasteiger charge is -2.10. The molecule has 2 N–H and O–H groups in total. The van der Waals surface area contributed by atoms with Crippen molar-refractivity contribution in [2.75, 3.05) is 5.73 Å². The zero-order valence-electron chi connectivity index (χ0n) is 10.8. The van der Waals surface area contributed by atoms with Gasteiger partial charge < -0.3 is 5.73 Å². The fraction of sp³-hybridized carbons (Fsp3) is 0.692. The first-order valence-corrected chi connectivity index (χ1v) is 8.47. The van der Waals surface area contributed by atoms with Gasteiger partial charge in [-0.1, -0.05) is 26.2 Å². The Morgan fingerprint density at radius 3 is 2.72 bits per heavy atom. The average molecular weight is 330 g/mol. The summed E-state index contributed by atoms with van der Waals surface area (Å²) in [4.78, 5) is 9.00. The molecular weight excluding hydrogens is 310 g/mol. The van der Waals surface area contributed by atoms with Crippen LogP contribution in [0.3, 0.4) is 0 Å². The van der Waals surface area contributed by atoms with Gasteiger partial charge in [0.1, 0.15) is 11.6 Å². The summed E-state index contributed by atoms with van der Waals surface area (Å²) < 4.78 is 0.874. The number of nitrogen functional groups attached to an aromatic ring is 1. The van der Waals surface area contributed by atoms with Crippen LogP contribution in [0.4, 0.5) is 5.82 Å². The molecule has 0 atom stereocenters. The van der Waals surface area contributed by atoms with Crippen LogP contribution >= 0.6 is 27.7 Å². The smallest absolute Gasteiger partial charge is 0.141 e. The van der Waals surface area contributed by atoms with Crippen molar-refractivity contribution in [3.8, 4) is 0 Å². The molecule has 5 heteroatoms. The van der Waals surface area contributed by atoms with Crippen LogP contribution in [-0.2, 0) is 12.2 Å². The van der Waals surface area contributed by atoms with Gasteiger partial charge in [0.15, 0.2) is 0 Å². The lowest BCUT2D eigenvalue weighted by atomic mass is 10.2. The summed E-state index contributed by atoms with van der Waals surface area (Å²) in [7, 11) is 0. The number of rotatable bonds is 5. The number of aromatic nitrogens is 2. The van der Waals surface area contributed by atoms with Crippen LogP contribution in [0.5, 0.6) is 0 Å². The molecule has 0 radical (unpaired) electrons. The van der Waals surface area contributed by atoms with E-state index < -0.39 is 0 Å². The molecule has 0 spiro atoms. The highest BCUT2D eigenvalue weighted by Gasteiger charge is 2.16. The molecule has 1 aromatic rings. The highest BCUT2D eigenvalue weighted by molar-refractivity contribution is 9.10. The van der Waals surface area contributed by atoms with Gasteiger partial charge in [-0.3, -0.25) is 0 Å². The normalized spacial score (nSPS) is 16.3. The van der Waals surface area contributed by atoms with Crippen molar-refractivity contribution in [1.29, 1.82) is 0 Å². The third-order valence-electron chi connectivity index (χ3n) is 3.23.